The Labute approximate surface area is 121 Å². The van der Waals surface area contributed by atoms with Gasteiger partial charge in [-0.15, -0.1) is 11.3 Å². The van der Waals surface area contributed by atoms with Crippen molar-refractivity contribution >= 4 is 23.1 Å². The van der Waals surface area contributed by atoms with Gasteiger partial charge in [0.1, 0.15) is 0 Å². The average Bonchev–Trinajstić information content (AvgIpc) is 2.83. The van der Waals surface area contributed by atoms with Gasteiger partial charge >= 0.3 is 6.03 Å². The molecule has 2 aromatic rings. The van der Waals surface area contributed by atoms with E-state index in [0.29, 0.717) is 12.2 Å². The van der Waals surface area contributed by atoms with Crippen LogP contribution >= 0.6 is 11.3 Å². The van der Waals surface area contributed by atoms with E-state index in [1.165, 1.54) is 0 Å². The number of benzene rings is 1. The van der Waals surface area contributed by atoms with Crippen LogP contribution in [-0.2, 0) is 6.54 Å². The highest BCUT2D eigenvalue weighted by atomic mass is 32.1. The van der Waals surface area contributed by atoms with Crippen LogP contribution in [-0.4, -0.2) is 16.1 Å². The zero-order chi connectivity index (χ0) is 14.5. The van der Waals surface area contributed by atoms with Gasteiger partial charge < -0.3 is 15.7 Å². The Morgan fingerprint density at radius 3 is 2.65 bits per heavy atom. The molecular weight excluding hydrogens is 274 g/mol. The average molecular weight is 291 g/mol. The highest BCUT2D eigenvalue weighted by molar-refractivity contribution is 7.11. The zero-order valence-corrected chi connectivity index (χ0v) is 12.2. The number of nitrogens with zero attached hydrogens (tertiary/aromatic N) is 1. The molecular formula is C14H17N3O2S. The van der Waals surface area contributed by atoms with Crippen LogP contribution < -0.4 is 10.6 Å². The molecule has 1 aromatic heterocycles. The van der Waals surface area contributed by atoms with Crippen LogP contribution in [0.3, 0.4) is 0 Å². The highest BCUT2D eigenvalue weighted by Gasteiger charge is 2.05. The topological polar surface area (TPSA) is 74.2 Å². The van der Waals surface area contributed by atoms with Crippen LogP contribution in [0, 0.1) is 6.92 Å². The number of aromatic nitrogens is 1. The van der Waals surface area contributed by atoms with E-state index in [1.807, 2.05) is 6.92 Å². The molecule has 3 N–H and O–H groups in total. The number of hydrogen-bond donors (Lipinski definition) is 3. The molecule has 106 valence electrons. The van der Waals surface area contributed by atoms with Crippen LogP contribution in [0.5, 0.6) is 0 Å². The Hall–Kier alpha value is -1.92. The Bertz CT molecular complexity index is 578. The smallest absolute Gasteiger partial charge is 0.319 e. The number of nitrogens with one attached hydrogen (secondary N) is 2. The van der Waals surface area contributed by atoms with Gasteiger partial charge in [-0.1, -0.05) is 12.1 Å². The fourth-order valence-electron chi connectivity index (χ4n) is 1.67. The molecule has 0 saturated carbocycles. The highest BCUT2D eigenvalue weighted by Crippen LogP contribution is 2.15. The van der Waals surface area contributed by atoms with Crippen molar-refractivity contribution in [1.82, 2.24) is 10.3 Å². The third kappa shape index (κ3) is 4.04. The van der Waals surface area contributed by atoms with Crippen LogP contribution in [0.2, 0.25) is 0 Å². The molecule has 2 amide bonds. The van der Waals surface area contributed by atoms with Gasteiger partial charge in [0, 0.05) is 16.8 Å². The Morgan fingerprint density at radius 2 is 2.10 bits per heavy atom. The van der Waals surface area contributed by atoms with Gasteiger partial charge in [0.2, 0.25) is 0 Å². The minimum absolute atomic E-state index is 0.263. The summed E-state index contributed by atoms with van der Waals surface area (Å²) in [6.07, 6.45) is 1.25. The summed E-state index contributed by atoms with van der Waals surface area (Å²) in [4.78, 5) is 16.9. The van der Waals surface area contributed by atoms with Crippen LogP contribution in [0.15, 0.2) is 30.5 Å². The van der Waals surface area contributed by atoms with Gasteiger partial charge in [-0.3, -0.25) is 0 Å². The lowest BCUT2D eigenvalue weighted by atomic mass is 10.1. The number of carbonyl (C=O) groups is 1. The maximum Gasteiger partial charge on any atom is 0.319 e. The maximum atomic E-state index is 11.7. The van der Waals surface area contributed by atoms with Crippen molar-refractivity contribution in [3.05, 3.63) is 45.9 Å². The number of amides is 2. The summed E-state index contributed by atoms with van der Waals surface area (Å²) in [5.41, 5.74) is 1.50. The SMILES string of the molecule is Cc1ncc(CNC(=O)Nc2ccc(C(C)O)cc2)s1. The number of anilines is 1. The molecule has 1 heterocycles. The zero-order valence-electron chi connectivity index (χ0n) is 11.4. The van der Waals surface area contributed by atoms with Gasteiger partial charge in [0.25, 0.3) is 0 Å². The van der Waals surface area contributed by atoms with Crippen LogP contribution in [0.1, 0.15) is 28.5 Å². The number of urea groups is 1. The van der Waals surface area contributed by atoms with Crippen molar-refractivity contribution in [3.63, 3.8) is 0 Å². The minimum Gasteiger partial charge on any atom is -0.389 e. The molecule has 0 aliphatic carbocycles. The van der Waals surface area contributed by atoms with Crippen molar-refractivity contribution in [1.29, 1.82) is 0 Å². The summed E-state index contributed by atoms with van der Waals surface area (Å²) in [5.74, 6) is 0. The number of carbonyl (C=O) groups excluding carboxylic acids is 1. The summed E-state index contributed by atoms with van der Waals surface area (Å²) >= 11 is 1.56. The summed E-state index contributed by atoms with van der Waals surface area (Å²) < 4.78 is 0. The number of hydrogen-bond acceptors (Lipinski definition) is 4. The molecule has 2 rings (SSSR count). The third-order valence-electron chi connectivity index (χ3n) is 2.74. The van der Waals surface area contributed by atoms with Gasteiger partial charge in [0.05, 0.1) is 17.7 Å². The Kier molecular flexibility index (Phi) is 4.70. The maximum absolute atomic E-state index is 11.7. The Balaban J connectivity index is 1.84. The second-order valence-electron chi connectivity index (χ2n) is 4.45. The molecule has 0 radical (unpaired) electrons. The largest absolute Gasteiger partial charge is 0.389 e. The molecule has 1 atom stereocenters. The second-order valence-corrected chi connectivity index (χ2v) is 5.77. The Morgan fingerprint density at radius 1 is 1.40 bits per heavy atom. The number of aliphatic hydroxyl groups is 1. The third-order valence-corrected chi connectivity index (χ3v) is 3.66. The fraction of sp³-hybridized carbons (Fsp3) is 0.286. The van der Waals surface area contributed by atoms with E-state index >= 15 is 0 Å². The second kappa shape index (κ2) is 6.49. The molecule has 0 fully saturated rings. The lowest BCUT2D eigenvalue weighted by Crippen LogP contribution is -2.27. The number of aliphatic hydroxyl groups excluding tert-OH is 1. The van der Waals surface area contributed by atoms with Crippen LogP contribution in [0.25, 0.3) is 0 Å². The first-order valence-corrected chi connectivity index (χ1v) is 7.10. The molecule has 1 aromatic carbocycles. The normalized spacial score (nSPS) is 11.9. The molecule has 0 spiro atoms. The summed E-state index contributed by atoms with van der Waals surface area (Å²) in [5, 5.41) is 15.9. The van der Waals surface area contributed by atoms with Gasteiger partial charge in [-0.05, 0) is 31.5 Å². The van der Waals surface area contributed by atoms with Gasteiger partial charge in [-0.2, -0.15) is 0 Å². The molecule has 1 unspecified atom stereocenters. The number of rotatable bonds is 4. The van der Waals surface area contributed by atoms with Crippen LogP contribution in [0.4, 0.5) is 10.5 Å². The van der Waals surface area contributed by atoms with E-state index in [9.17, 15) is 9.90 Å². The monoisotopic (exact) mass is 291 g/mol. The van der Waals surface area contributed by atoms with E-state index < -0.39 is 6.10 Å². The predicted octanol–water partition coefficient (Wildman–Crippen LogP) is 2.83. The van der Waals surface area contributed by atoms with E-state index in [-0.39, 0.29) is 6.03 Å². The lowest BCUT2D eigenvalue weighted by Gasteiger charge is -2.08. The van der Waals surface area contributed by atoms with Crippen molar-refractivity contribution in [2.45, 2.75) is 26.5 Å². The molecule has 20 heavy (non-hydrogen) atoms. The van der Waals surface area contributed by atoms with E-state index in [0.717, 1.165) is 15.4 Å². The molecule has 0 bridgehead atoms. The molecule has 0 saturated heterocycles. The predicted molar refractivity (Wildman–Crippen MR) is 79.8 cm³/mol. The number of thiazole rings is 1. The van der Waals surface area contributed by atoms with Crippen molar-refractivity contribution in [3.8, 4) is 0 Å². The quantitative estimate of drug-likeness (QED) is 0.811. The van der Waals surface area contributed by atoms with Crippen molar-refractivity contribution < 1.29 is 9.90 Å². The van der Waals surface area contributed by atoms with E-state index in [2.05, 4.69) is 15.6 Å². The van der Waals surface area contributed by atoms with Crippen molar-refractivity contribution in [2.75, 3.05) is 5.32 Å². The standard InChI is InChI=1S/C14H17N3O2S/c1-9(18)11-3-5-12(6-4-11)17-14(19)16-8-13-7-15-10(2)20-13/h3-7,9,18H,8H2,1-2H3,(H2,16,17,19). The summed E-state index contributed by atoms with van der Waals surface area (Å²) in [7, 11) is 0. The first-order chi connectivity index (χ1) is 9.54. The molecule has 0 aliphatic heterocycles. The van der Waals surface area contributed by atoms with Gasteiger partial charge in [0.15, 0.2) is 0 Å². The minimum atomic E-state index is -0.507. The van der Waals surface area contributed by atoms with Gasteiger partial charge in [-0.25, -0.2) is 9.78 Å². The summed E-state index contributed by atoms with van der Waals surface area (Å²) in [6.45, 7) is 4.09. The van der Waals surface area contributed by atoms with E-state index in [1.54, 1.807) is 48.7 Å². The molecule has 5 nitrogen and oxygen atoms in total. The fourth-order valence-corrected chi connectivity index (χ4v) is 2.41. The lowest BCUT2D eigenvalue weighted by molar-refractivity contribution is 0.199. The first kappa shape index (κ1) is 14.5. The van der Waals surface area contributed by atoms with E-state index in [4.69, 9.17) is 0 Å². The number of aryl methyl sites for hydroxylation is 1. The first-order valence-electron chi connectivity index (χ1n) is 6.29. The molecule has 6 heteroatoms. The summed E-state index contributed by atoms with van der Waals surface area (Å²) in [6, 6.07) is 6.83. The molecule has 0 aliphatic rings. The van der Waals surface area contributed by atoms with Crippen molar-refractivity contribution in [2.24, 2.45) is 0 Å².